The van der Waals surface area contributed by atoms with Crippen molar-refractivity contribution in [1.29, 1.82) is 0 Å². The summed E-state index contributed by atoms with van der Waals surface area (Å²) in [6.07, 6.45) is 2.28. The molecule has 1 amide bonds. The van der Waals surface area contributed by atoms with Crippen LogP contribution in [0.1, 0.15) is 18.1 Å². The zero-order chi connectivity index (χ0) is 20.4. The van der Waals surface area contributed by atoms with E-state index in [-0.39, 0.29) is 18.0 Å². The van der Waals surface area contributed by atoms with Gasteiger partial charge in [-0.3, -0.25) is 14.2 Å². The Bertz CT molecular complexity index is 1240. The van der Waals surface area contributed by atoms with Crippen molar-refractivity contribution in [2.75, 3.05) is 5.32 Å². The van der Waals surface area contributed by atoms with E-state index in [2.05, 4.69) is 27.5 Å². The van der Waals surface area contributed by atoms with Gasteiger partial charge in [0.1, 0.15) is 12.9 Å². The third-order valence-corrected chi connectivity index (χ3v) is 4.64. The molecule has 0 spiro atoms. The number of nitrogens with one attached hydrogen (secondary N) is 1. The van der Waals surface area contributed by atoms with Crippen LogP contribution in [0.5, 0.6) is 0 Å². The largest absolute Gasteiger partial charge is 0.325 e. The first-order chi connectivity index (χ1) is 14.0. The van der Waals surface area contributed by atoms with Gasteiger partial charge in [0.15, 0.2) is 11.2 Å². The fraction of sp³-hybridized carbons (Fsp3) is 0.190. The summed E-state index contributed by atoms with van der Waals surface area (Å²) in [5, 5.41) is 10.8. The zero-order valence-corrected chi connectivity index (χ0v) is 16.2. The van der Waals surface area contributed by atoms with Gasteiger partial charge >= 0.3 is 0 Å². The van der Waals surface area contributed by atoms with Crippen molar-refractivity contribution in [1.82, 2.24) is 24.5 Å². The van der Waals surface area contributed by atoms with E-state index < -0.39 is 5.56 Å². The molecule has 0 radical (unpaired) electrons. The second kappa shape index (κ2) is 7.67. The lowest BCUT2D eigenvalue weighted by atomic mass is 10.1. The van der Waals surface area contributed by atoms with Gasteiger partial charge in [0.2, 0.25) is 5.91 Å². The van der Waals surface area contributed by atoms with Crippen LogP contribution < -0.4 is 10.9 Å². The number of benzene rings is 2. The lowest BCUT2D eigenvalue weighted by Gasteiger charge is -2.08. The van der Waals surface area contributed by atoms with Gasteiger partial charge in [-0.15, -0.1) is 5.10 Å². The molecule has 0 unspecified atom stereocenters. The van der Waals surface area contributed by atoms with E-state index in [0.717, 1.165) is 17.7 Å². The second-order valence-electron chi connectivity index (χ2n) is 6.79. The summed E-state index contributed by atoms with van der Waals surface area (Å²) in [6, 6.07) is 15.3. The molecule has 2 aromatic heterocycles. The van der Waals surface area contributed by atoms with E-state index in [1.54, 1.807) is 0 Å². The Hall–Kier alpha value is -3.81. The van der Waals surface area contributed by atoms with E-state index in [1.807, 2.05) is 55.5 Å². The molecular formula is C21H20N6O2. The third kappa shape index (κ3) is 3.77. The molecule has 0 aliphatic carbocycles. The number of hydrogen-bond acceptors (Lipinski definition) is 5. The van der Waals surface area contributed by atoms with Crippen molar-refractivity contribution >= 4 is 22.8 Å². The topological polar surface area (TPSA) is 94.7 Å². The molecule has 0 fully saturated rings. The Kier molecular flexibility index (Phi) is 4.90. The SMILES string of the molecule is CCc1ccc(NC(=O)Cn2cnc3c(nnn3-c3cccc(C)c3)c2=O)cc1. The average Bonchev–Trinajstić information content (AvgIpc) is 3.15. The van der Waals surface area contributed by atoms with E-state index >= 15 is 0 Å². The molecular weight excluding hydrogens is 368 g/mol. The Morgan fingerprint density at radius 1 is 1.14 bits per heavy atom. The number of aryl methyl sites for hydroxylation is 2. The average molecular weight is 388 g/mol. The van der Waals surface area contributed by atoms with Crippen molar-refractivity contribution in [2.45, 2.75) is 26.8 Å². The number of amides is 1. The van der Waals surface area contributed by atoms with Crippen LogP contribution in [0, 0.1) is 6.92 Å². The first-order valence-electron chi connectivity index (χ1n) is 9.32. The fourth-order valence-corrected chi connectivity index (χ4v) is 3.07. The normalized spacial score (nSPS) is 11.0. The monoisotopic (exact) mass is 388 g/mol. The third-order valence-electron chi connectivity index (χ3n) is 4.64. The number of carbonyl (C=O) groups is 1. The number of hydrogen-bond donors (Lipinski definition) is 1. The predicted molar refractivity (Wildman–Crippen MR) is 110 cm³/mol. The molecule has 146 valence electrons. The number of fused-ring (bicyclic) bond motifs is 1. The molecule has 0 aliphatic rings. The lowest BCUT2D eigenvalue weighted by molar-refractivity contribution is -0.116. The molecule has 4 aromatic rings. The Labute approximate surface area is 166 Å². The van der Waals surface area contributed by atoms with Gasteiger partial charge < -0.3 is 5.32 Å². The van der Waals surface area contributed by atoms with Crippen molar-refractivity contribution in [3.63, 3.8) is 0 Å². The van der Waals surface area contributed by atoms with Crippen LogP contribution in [0.3, 0.4) is 0 Å². The number of rotatable bonds is 5. The highest BCUT2D eigenvalue weighted by atomic mass is 16.2. The van der Waals surface area contributed by atoms with E-state index in [9.17, 15) is 9.59 Å². The summed E-state index contributed by atoms with van der Waals surface area (Å²) < 4.78 is 2.75. The molecule has 2 aromatic carbocycles. The summed E-state index contributed by atoms with van der Waals surface area (Å²) in [5.74, 6) is -0.316. The number of aromatic nitrogens is 5. The Morgan fingerprint density at radius 3 is 2.66 bits per heavy atom. The van der Waals surface area contributed by atoms with Gasteiger partial charge in [-0.05, 0) is 48.7 Å². The van der Waals surface area contributed by atoms with Crippen LogP contribution in [-0.4, -0.2) is 30.5 Å². The fourth-order valence-electron chi connectivity index (χ4n) is 3.07. The van der Waals surface area contributed by atoms with Crippen LogP contribution >= 0.6 is 0 Å². The van der Waals surface area contributed by atoms with E-state index in [1.165, 1.54) is 21.1 Å². The minimum Gasteiger partial charge on any atom is -0.325 e. The molecule has 8 nitrogen and oxygen atoms in total. The highest BCUT2D eigenvalue weighted by Crippen LogP contribution is 2.13. The number of carbonyl (C=O) groups excluding carboxylic acids is 1. The summed E-state index contributed by atoms with van der Waals surface area (Å²) in [5.41, 5.74) is 3.76. The van der Waals surface area contributed by atoms with Gasteiger partial charge in [-0.1, -0.05) is 36.4 Å². The van der Waals surface area contributed by atoms with Gasteiger partial charge in [0, 0.05) is 5.69 Å². The smallest absolute Gasteiger partial charge is 0.284 e. The molecule has 0 atom stereocenters. The number of nitrogens with zero attached hydrogens (tertiary/aromatic N) is 5. The van der Waals surface area contributed by atoms with Crippen LogP contribution in [0.4, 0.5) is 5.69 Å². The Morgan fingerprint density at radius 2 is 1.93 bits per heavy atom. The van der Waals surface area contributed by atoms with Crippen molar-refractivity contribution in [2.24, 2.45) is 0 Å². The van der Waals surface area contributed by atoms with Crippen molar-refractivity contribution in [3.8, 4) is 5.69 Å². The molecule has 0 aliphatic heterocycles. The molecule has 2 heterocycles. The lowest BCUT2D eigenvalue weighted by Crippen LogP contribution is -2.28. The maximum atomic E-state index is 12.7. The van der Waals surface area contributed by atoms with Crippen LogP contribution in [0.2, 0.25) is 0 Å². The molecule has 29 heavy (non-hydrogen) atoms. The van der Waals surface area contributed by atoms with E-state index in [0.29, 0.717) is 11.3 Å². The van der Waals surface area contributed by atoms with E-state index in [4.69, 9.17) is 0 Å². The first kappa shape index (κ1) is 18.5. The Balaban J connectivity index is 1.58. The quantitative estimate of drug-likeness (QED) is 0.567. The molecule has 0 bridgehead atoms. The first-order valence-corrected chi connectivity index (χ1v) is 9.32. The van der Waals surface area contributed by atoms with Gasteiger partial charge in [-0.2, -0.15) is 4.68 Å². The maximum absolute atomic E-state index is 12.7. The van der Waals surface area contributed by atoms with Crippen molar-refractivity contribution < 1.29 is 4.79 Å². The molecule has 0 saturated heterocycles. The van der Waals surface area contributed by atoms with Crippen LogP contribution in [0.25, 0.3) is 16.9 Å². The summed E-state index contributed by atoms with van der Waals surface area (Å²) in [6.45, 7) is 3.88. The maximum Gasteiger partial charge on any atom is 0.284 e. The number of anilines is 1. The second-order valence-corrected chi connectivity index (χ2v) is 6.79. The molecule has 8 heteroatoms. The van der Waals surface area contributed by atoms with Gasteiger partial charge in [0.05, 0.1) is 5.69 Å². The minimum atomic E-state index is -0.412. The highest BCUT2D eigenvalue weighted by molar-refractivity contribution is 5.90. The highest BCUT2D eigenvalue weighted by Gasteiger charge is 2.15. The molecule has 4 rings (SSSR count). The van der Waals surface area contributed by atoms with Crippen LogP contribution in [-0.2, 0) is 17.8 Å². The van der Waals surface area contributed by atoms with Crippen LogP contribution in [0.15, 0.2) is 59.7 Å². The zero-order valence-electron chi connectivity index (χ0n) is 16.2. The molecule has 0 saturated carbocycles. The molecule has 1 N–H and O–H groups in total. The summed E-state index contributed by atoms with van der Waals surface area (Å²) in [4.78, 5) is 29.4. The van der Waals surface area contributed by atoms with Gasteiger partial charge in [0.25, 0.3) is 5.56 Å². The summed E-state index contributed by atoms with van der Waals surface area (Å²) >= 11 is 0. The standard InChI is InChI=1S/C21H20N6O2/c1-3-15-7-9-16(10-8-15)23-18(28)12-26-13-22-20-19(21(26)29)24-25-27(20)17-6-4-5-14(2)11-17/h4-11,13H,3,12H2,1-2H3,(H,23,28). The summed E-state index contributed by atoms with van der Waals surface area (Å²) in [7, 11) is 0. The predicted octanol–water partition coefficient (Wildman–Crippen LogP) is 2.49. The minimum absolute atomic E-state index is 0.120. The van der Waals surface area contributed by atoms with Crippen molar-refractivity contribution in [3.05, 3.63) is 76.3 Å². The van der Waals surface area contributed by atoms with Gasteiger partial charge in [-0.25, -0.2) is 4.98 Å².